The van der Waals surface area contributed by atoms with Gasteiger partial charge in [-0.2, -0.15) is 0 Å². The summed E-state index contributed by atoms with van der Waals surface area (Å²) < 4.78 is 62.9. The van der Waals surface area contributed by atoms with Crippen LogP contribution < -0.4 is 0 Å². The molecular weight excluding hydrogens is 1390 g/mol. The molecule has 2 saturated carbocycles. The molecule has 0 spiro atoms. The van der Waals surface area contributed by atoms with Gasteiger partial charge in [0.25, 0.3) is 0 Å². The van der Waals surface area contributed by atoms with E-state index in [1.54, 1.807) is 22.3 Å². The van der Waals surface area contributed by atoms with Crippen LogP contribution in [0.5, 0.6) is 0 Å². The smallest absolute Gasteiger partial charge is 0.154 e. The highest BCUT2D eigenvalue weighted by Gasteiger charge is 2.21. The molecule has 12 unspecified atom stereocenters. The van der Waals surface area contributed by atoms with Gasteiger partial charge in [-0.1, -0.05) is 209 Å². The lowest BCUT2D eigenvalue weighted by atomic mass is 9.84. The highest BCUT2D eigenvalue weighted by atomic mass is 16.7. The zero-order chi connectivity index (χ0) is 83.8. The third kappa shape index (κ3) is 65.3. The Morgan fingerprint density at radius 1 is 0.170 bits per heavy atom. The summed E-state index contributed by atoms with van der Waals surface area (Å²) in [6.45, 7) is 72.1. The summed E-state index contributed by atoms with van der Waals surface area (Å²) >= 11 is 0. The van der Waals surface area contributed by atoms with Gasteiger partial charge in [-0.05, 0) is 283 Å². The molecule has 8 aliphatic heterocycles. The quantitative estimate of drug-likeness (QED) is 0.215. The second-order valence-corrected chi connectivity index (χ2v) is 39.1. The van der Waals surface area contributed by atoms with E-state index in [4.69, 9.17) is 56.8 Å². The monoisotopic (exact) mass is 1590 g/mol. The molecule has 0 bridgehead atoms. The molecule has 12 heteroatoms. The summed E-state index contributed by atoms with van der Waals surface area (Å²) in [5, 5.41) is 0. The van der Waals surface area contributed by atoms with Crippen LogP contribution in [0.15, 0.2) is 46.6 Å². The van der Waals surface area contributed by atoms with E-state index >= 15 is 0 Å². The molecule has 12 nitrogen and oxygen atoms in total. The SMILES string of the molecule is CC1=CCC(C)CC1.CC1=CCC(C)CC1.CC1=CCC(C)CC1.CC1=CCC(C)CC1.CC1CCC(C)CC1.CC1CCC(C)CC1.CC1CCC(C)OC1.CC1CCC(C)OC1.CC1CCC(C)OC1.CC1CCC(C)OC1.CC1COC(C)OC1.CC1COC(C)OC1.CC1COC(C)OC1.CC1COC(C)OC1.[HH].[HH]. The Morgan fingerprint density at radius 2 is 0.312 bits per heavy atom. The van der Waals surface area contributed by atoms with Crippen LogP contribution in [0.2, 0.25) is 0 Å². The summed E-state index contributed by atoms with van der Waals surface area (Å²) in [6.07, 6.45) is 50.0. The molecule has 10 fully saturated rings. The van der Waals surface area contributed by atoms with Crippen LogP contribution in [-0.4, -0.2) is 129 Å². The number of hydrogen-bond donors (Lipinski definition) is 0. The fourth-order valence-corrected chi connectivity index (χ4v) is 14.1. The van der Waals surface area contributed by atoms with E-state index in [1.165, 1.54) is 180 Å². The Labute approximate surface area is 699 Å². The van der Waals surface area contributed by atoms with Crippen molar-refractivity contribution < 1.29 is 59.7 Å². The lowest BCUT2D eigenvalue weighted by Crippen LogP contribution is -2.27. The zero-order valence-corrected chi connectivity index (χ0v) is 79.3. The van der Waals surface area contributed by atoms with E-state index in [9.17, 15) is 0 Å². The predicted molar refractivity (Wildman–Crippen MR) is 482 cm³/mol. The van der Waals surface area contributed by atoms with Crippen molar-refractivity contribution in [2.45, 2.75) is 423 Å². The number of hydrogen-bond acceptors (Lipinski definition) is 12. The van der Waals surface area contributed by atoms with E-state index in [1.807, 2.05) is 27.7 Å². The van der Waals surface area contributed by atoms with Crippen LogP contribution in [0.1, 0.15) is 377 Å². The standard InChI is InChI=1S/2C8H16.4C8H14.4C7H14O.4C6H12O2.2H2/c6*1-7-3-5-8(2)6-4-7;4*1-6-3-4-7(2)8-5-6;4*1-5-3-7-6(2)8-4-5;;/h2*7-8H,3-6H2,1-2H3;4*3,8H,4-6H2,1-2H3;4*6-7H,3-5H2,1-2H3;4*5-6H,3-4H2,1-2H3;2*1H. The first-order valence-electron chi connectivity index (χ1n) is 47.0. The molecule has 6 aliphatic carbocycles. The molecule has 12 atom stereocenters. The van der Waals surface area contributed by atoms with Crippen LogP contribution in [-0.2, 0) is 56.8 Å². The first-order chi connectivity index (χ1) is 53.0. The molecule has 0 aromatic heterocycles. The third-order valence-corrected chi connectivity index (χ3v) is 24.1. The molecule has 14 rings (SSSR count). The molecule has 8 saturated heterocycles. The highest BCUT2D eigenvalue weighted by molar-refractivity contribution is 5.04. The molecule has 0 N–H and O–H groups in total. The van der Waals surface area contributed by atoms with Crippen molar-refractivity contribution in [2.75, 3.05) is 79.3 Å². The van der Waals surface area contributed by atoms with Gasteiger partial charge in [0, 0.05) is 53.0 Å². The first-order valence-corrected chi connectivity index (χ1v) is 47.0. The van der Waals surface area contributed by atoms with Crippen molar-refractivity contribution in [3.63, 3.8) is 0 Å². The number of allylic oxidation sites excluding steroid dienone is 8. The molecule has 14 aliphatic rings. The lowest BCUT2D eigenvalue weighted by molar-refractivity contribution is -0.187. The van der Waals surface area contributed by atoms with Gasteiger partial charge in [-0.3, -0.25) is 0 Å². The van der Waals surface area contributed by atoms with E-state index in [-0.39, 0.29) is 28.0 Å². The average Bonchev–Trinajstić information content (AvgIpc) is 1.29. The second kappa shape index (κ2) is 67.2. The van der Waals surface area contributed by atoms with Crippen molar-refractivity contribution in [2.24, 2.45) is 94.7 Å². The largest absolute Gasteiger partial charge is 0.378 e. The van der Waals surface area contributed by atoms with Crippen LogP contribution in [0, 0.1) is 94.7 Å². The van der Waals surface area contributed by atoms with Crippen molar-refractivity contribution in [1.29, 1.82) is 0 Å². The van der Waals surface area contributed by atoms with Gasteiger partial charge in [0.05, 0.1) is 77.3 Å². The van der Waals surface area contributed by atoms with Gasteiger partial charge in [-0.15, -0.1) is 0 Å². The molecule has 0 amide bonds. The minimum absolute atomic E-state index is 0. The van der Waals surface area contributed by atoms with Crippen LogP contribution in [0.25, 0.3) is 0 Å². The molecule has 0 aromatic carbocycles. The van der Waals surface area contributed by atoms with Gasteiger partial charge >= 0.3 is 0 Å². The molecule has 668 valence electrons. The fourth-order valence-electron chi connectivity index (χ4n) is 14.1. The summed E-state index contributed by atoms with van der Waals surface area (Å²) in [6, 6.07) is 0. The molecule has 8 heterocycles. The van der Waals surface area contributed by atoms with Gasteiger partial charge in [0.15, 0.2) is 25.2 Å². The zero-order valence-electron chi connectivity index (χ0n) is 79.3. The lowest BCUT2D eigenvalue weighted by Gasteiger charge is -2.24. The van der Waals surface area contributed by atoms with Gasteiger partial charge in [0.1, 0.15) is 0 Å². The fraction of sp³-hybridized carbons (Fsp3) is 0.920. The average molecular weight is 1590 g/mol. The second-order valence-electron chi connectivity index (χ2n) is 39.1. The minimum atomic E-state index is 0. The van der Waals surface area contributed by atoms with Gasteiger partial charge in [0.2, 0.25) is 0 Å². The molecule has 112 heavy (non-hydrogen) atoms. The highest BCUT2D eigenvalue weighted by Crippen LogP contribution is 2.30. The topological polar surface area (TPSA) is 111 Å². The maximum Gasteiger partial charge on any atom is 0.154 e. The molecule has 0 radical (unpaired) electrons. The summed E-state index contributed by atoms with van der Waals surface area (Å²) in [5.41, 5.74) is 6.34. The Hall–Kier alpha value is -1.52. The molecular formula is C100H196O12. The molecule has 0 aromatic rings. The maximum absolute atomic E-state index is 5.39. The van der Waals surface area contributed by atoms with E-state index in [2.05, 4.69) is 190 Å². The van der Waals surface area contributed by atoms with Crippen LogP contribution in [0.4, 0.5) is 0 Å². The van der Waals surface area contributed by atoms with Crippen molar-refractivity contribution >= 4 is 0 Å². The Balaban J connectivity index is 0. The van der Waals surface area contributed by atoms with E-state index < -0.39 is 0 Å². The number of ether oxygens (including phenoxy) is 12. The Morgan fingerprint density at radius 3 is 0.411 bits per heavy atom. The third-order valence-electron chi connectivity index (χ3n) is 24.1. The van der Waals surface area contributed by atoms with E-state index in [0.717, 1.165) is 150 Å². The summed E-state index contributed by atoms with van der Waals surface area (Å²) in [4.78, 5) is 0. The van der Waals surface area contributed by atoms with Crippen LogP contribution >= 0.6 is 0 Å². The number of rotatable bonds is 0. The Bertz CT molecular complexity index is 1690. The minimum Gasteiger partial charge on any atom is -0.378 e. The van der Waals surface area contributed by atoms with Crippen molar-refractivity contribution in [3.8, 4) is 0 Å². The van der Waals surface area contributed by atoms with Crippen molar-refractivity contribution in [1.82, 2.24) is 0 Å². The normalized spacial score (nSPS) is 36.9. The predicted octanol–water partition coefficient (Wildman–Crippen LogP) is 28.5. The maximum atomic E-state index is 5.39. The van der Waals surface area contributed by atoms with Gasteiger partial charge < -0.3 is 56.8 Å². The van der Waals surface area contributed by atoms with Crippen LogP contribution in [0.3, 0.4) is 0 Å². The Kier molecular flexibility index (Phi) is 65.1. The summed E-state index contributed by atoms with van der Waals surface area (Å²) in [7, 11) is 0. The van der Waals surface area contributed by atoms with E-state index in [0.29, 0.717) is 48.1 Å². The van der Waals surface area contributed by atoms with Crippen molar-refractivity contribution in [3.05, 3.63) is 46.6 Å². The summed E-state index contributed by atoms with van der Waals surface area (Å²) in [5.74, 6) is 13.3. The first kappa shape index (κ1) is 108. The van der Waals surface area contributed by atoms with Gasteiger partial charge in [-0.25, -0.2) is 0 Å².